The number of hydrogen-bond acceptors (Lipinski definition) is 2. The number of rotatable bonds is 1. The Balaban J connectivity index is 2.86. The maximum Gasteiger partial charge on any atom is 0.340 e. The predicted octanol–water partition coefficient (Wildman–Crippen LogP) is 1.45. The second-order valence-corrected chi connectivity index (χ2v) is 2.76. The van der Waals surface area contributed by atoms with Gasteiger partial charge in [0.15, 0.2) is 0 Å². The zero-order valence-corrected chi connectivity index (χ0v) is 6.74. The summed E-state index contributed by atoms with van der Waals surface area (Å²) in [4.78, 5) is 13.6. The molecule has 0 aliphatic heterocycles. The summed E-state index contributed by atoms with van der Waals surface area (Å²) in [5.74, 6) is -0.802. The summed E-state index contributed by atoms with van der Waals surface area (Å²) in [6.45, 7) is 0. The van der Waals surface area contributed by atoms with E-state index in [1.807, 2.05) is 6.07 Å². The standard InChI is InChI=1S/C9H8N2O2/c10-8-7(9(12)13)5-3-1-2-4-6(5)11-8/h1-4,11H,10H2,(H,12,13). The van der Waals surface area contributed by atoms with E-state index >= 15 is 0 Å². The number of carboxylic acid groups (broad SMARTS) is 1. The molecule has 0 bridgehead atoms. The molecule has 0 radical (unpaired) electrons. The van der Waals surface area contributed by atoms with E-state index in [2.05, 4.69) is 4.98 Å². The van der Waals surface area contributed by atoms with Crippen LogP contribution in [0.1, 0.15) is 10.4 Å². The highest BCUT2D eigenvalue weighted by atomic mass is 16.4. The maximum absolute atomic E-state index is 10.8. The summed E-state index contributed by atoms with van der Waals surface area (Å²) in [5, 5.41) is 9.50. The van der Waals surface area contributed by atoms with E-state index in [0.29, 0.717) is 5.39 Å². The molecule has 66 valence electrons. The normalized spacial score (nSPS) is 10.5. The van der Waals surface area contributed by atoms with Crippen molar-refractivity contribution in [1.29, 1.82) is 0 Å². The minimum Gasteiger partial charge on any atom is -0.478 e. The Bertz CT molecular complexity index is 473. The summed E-state index contributed by atoms with van der Waals surface area (Å²) in [5.41, 5.74) is 6.41. The second kappa shape index (κ2) is 2.52. The van der Waals surface area contributed by atoms with Crippen molar-refractivity contribution in [1.82, 2.24) is 4.98 Å². The molecule has 0 aliphatic rings. The number of nitrogens with one attached hydrogen (secondary N) is 1. The third kappa shape index (κ3) is 1.03. The monoisotopic (exact) mass is 176 g/mol. The second-order valence-electron chi connectivity index (χ2n) is 2.76. The molecule has 4 nitrogen and oxygen atoms in total. The van der Waals surface area contributed by atoms with Crippen LogP contribution in [0.25, 0.3) is 10.9 Å². The average Bonchev–Trinajstić information content (AvgIpc) is 2.39. The molecule has 2 aromatic rings. The molecular formula is C9H8N2O2. The maximum atomic E-state index is 10.8. The Hall–Kier alpha value is -1.97. The fraction of sp³-hybridized carbons (Fsp3) is 0. The first-order chi connectivity index (χ1) is 6.20. The number of nitrogens with two attached hydrogens (primary N) is 1. The molecule has 0 fully saturated rings. The highest BCUT2D eigenvalue weighted by molar-refractivity contribution is 6.07. The van der Waals surface area contributed by atoms with Gasteiger partial charge in [-0.25, -0.2) is 4.79 Å². The SMILES string of the molecule is Nc1[nH]c2ccccc2c1C(=O)O. The minimum atomic E-state index is -1.00. The molecule has 0 saturated heterocycles. The number of hydrogen-bond donors (Lipinski definition) is 3. The van der Waals surface area contributed by atoms with E-state index < -0.39 is 5.97 Å². The summed E-state index contributed by atoms with van der Waals surface area (Å²) in [6.07, 6.45) is 0. The molecule has 4 heteroatoms. The average molecular weight is 176 g/mol. The van der Waals surface area contributed by atoms with Gasteiger partial charge in [0.2, 0.25) is 0 Å². The fourth-order valence-corrected chi connectivity index (χ4v) is 1.39. The molecular weight excluding hydrogens is 168 g/mol. The Morgan fingerprint density at radius 1 is 1.38 bits per heavy atom. The first kappa shape index (κ1) is 7.67. The number of nitrogen functional groups attached to an aromatic ring is 1. The van der Waals surface area contributed by atoms with Crippen molar-refractivity contribution in [3.8, 4) is 0 Å². The Morgan fingerprint density at radius 3 is 2.77 bits per heavy atom. The van der Waals surface area contributed by atoms with Crippen LogP contribution >= 0.6 is 0 Å². The molecule has 0 saturated carbocycles. The Kier molecular flexibility index (Phi) is 1.48. The van der Waals surface area contributed by atoms with Gasteiger partial charge in [-0.15, -0.1) is 0 Å². The van der Waals surface area contributed by atoms with Crippen molar-refractivity contribution in [2.75, 3.05) is 5.73 Å². The van der Waals surface area contributed by atoms with Crippen LogP contribution in [0.3, 0.4) is 0 Å². The zero-order chi connectivity index (χ0) is 9.42. The topological polar surface area (TPSA) is 79.1 Å². The van der Waals surface area contributed by atoms with Crippen molar-refractivity contribution >= 4 is 22.7 Å². The van der Waals surface area contributed by atoms with Gasteiger partial charge in [-0.3, -0.25) is 0 Å². The lowest BCUT2D eigenvalue weighted by Crippen LogP contribution is -1.99. The van der Waals surface area contributed by atoms with Crippen LogP contribution in [-0.2, 0) is 0 Å². The van der Waals surface area contributed by atoms with Crippen molar-refractivity contribution in [3.05, 3.63) is 29.8 Å². The van der Waals surface area contributed by atoms with Gasteiger partial charge < -0.3 is 15.8 Å². The van der Waals surface area contributed by atoms with Crippen LogP contribution < -0.4 is 5.73 Å². The third-order valence-electron chi connectivity index (χ3n) is 1.95. The molecule has 4 N–H and O–H groups in total. The quantitative estimate of drug-likeness (QED) is 0.615. The predicted molar refractivity (Wildman–Crippen MR) is 49.7 cm³/mol. The van der Waals surface area contributed by atoms with E-state index in [-0.39, 0.29) is 11.4 Å². The van der Waals surface area contributed by atoms with Gasteiger partial charge >= 0.3 is 5.97 Å². The molecule has 2 rings (SSSR count). The molecule has 0 amide bonds. The number of benzene rings is 1. The lowest BCUT2D eigenvalue weighted by Gasteiger charge is -1.91. The first-order valence-corrected chi connectivity index (χ1v) is 3.79. The number of H-pyrrole nitrogens is 1. The molecule has 0 spiro atoms. The molecule has 1 heterocycles. The van der Waals surface area contributed by atoms with Crippen LogP contribution in [0.4, 0.5) is 5.82 Å². The Morgan fingerprint density at radius 2 is 2.08 bits per heavy atom. The summed E-state index contributed by atoms with van der Waals surface area (Å²) >= 11 is 0. The van der Waals surface area contributed by atoms with Crippen LogP contribution in [0.2, 0.25) is 0 Å². The molecule has 13 heavy (non-hydrogen) atoms. The molecule has 1 aromatic heterocycles. The smallest absolute Gasteiger partial charge is 0.340 e. The van der Waals surface area contributed by atoms with Gasteiger partial charge in [0, 0.05) is 10.9 Å². The van der Waals surface area contributed by atoms with Crippen molar-refractivity contribution < 1.29 is 9.90 Å². The van der Waals surface area contributed by atoms with E-state index in [1.54, 1.807) is 18.2 Å². The number of para-hydroxylation sites is 1. The summed E-state index contributed by atoms with van der Waals surface area (Å²) < 4.78 is 0. The number of fused-ring (bicyclic) bond motifs is 1. The number of carbonyl (C=O) groups is 1. The van der Waals surface area contributed by atoms with Crippen molar-refractivity contribution in [3.63, 3.8) is 0 Å². The minimum absolute atomic E-state index is 0.149. The van der Waals surface area contributed by atoms with Crippen LogP contribution in [-0.4, -0.2) is 16.1 Å². The van der Waals surface area contributed by atoms with E-state index in [9.17, 15) is 4.79 Å². The van der Waals surface area contributed by atoms with Gasteiger partial charge in [-0.1, -0.05) is 18.2 Å². The van der Waals surface area contributed by atoms with Crippen LogP contribution in [0, 0.1) is 0 Å². The Labute approximate surface area is 74.0 Å². The van der Waals surface area contributed by atoms with Gasteiger partial charge in [0.25, 0.3) is 0 Å². The van der Waals surface area contributed by atoms with Crippen molar-refractivity contribution in [2.24, 2.45) is 0 Å². The third-order valence-corrected chi connectivity index (χ3v) is 1.95. The number of aromatic amines is 1. The molecule has 1 aromatic carbocycles. The lowest BCUT2D eigenvalue weighted by molar-refractivity contribution is 0.0700. The number of aromatic nitrogens is 1. The highest BCUT2D eigenvalue weighted by Gasteiger charge is 2.14. The zero-order valence-electron chi connectivity index (χ0n) is 6.74. The van der Waals surface area contributed by atoms with E-state index in [1.165, 1.54) is 0 Å². The highest BCUT2D eigenvalue weighted by Crippen LogP contribution is 2.23. The van der Waals surface area contributed by atoms with E-state index in [0.717, 1.165) is 5.52 Å². The number of aromatic carboxylic acids is 1. The van der Waals surface area contributed by atoms with E-state index in [4.69, 9.17) is 10.8 Å². The lowest BCUT2D eigenvalue weighted by atomic mass is 10.2. The van der Waals surface area contributed by atoms with Gasteiger partial charge in [0.1, 0.15) is 11.4 Å². The summed E-state index contributed by atoms with van der Waals surface area (Å²) in [7, 11) is 0. The number of anilines is 1. The van der Waals surface area contributed by atoms with Gasteiger partial charge in [0.05, 0.1) is 0 Å². The fourth-order valence-electron chi connectivity index (χ4n) is 1.39. The van der Waals surface area contributed by atoms with Crippen LogP contribution in [0.15, 0.2) is 24.3 Å². The molecule has 0 atom stereocenters. The number of carboxylic acids is 1. The first-order valence-electron chi connectivity index (χ1n) is 3.79. The molecule has 0 aliphatic carbocycles. The largest absolute Gasteiger partial charge is 0.478 e. The summed E-state index contributed by atoms with van der Waals surface area (Å²) in [6, 6.07) is 7.12. The van der Waals surface area contributed by atoms with Crippen LogP contribution in [0.5, 0.6) is 0 Å². The molecule has 0 unspecified atom stereocenters. The van der Waals surface area contributed by atoms with Gasteiger partial charge in [-0.05, 0) is 6.07 Å². The van der Waals surface area contributed by atoms with Crippen molar-refractivity contribution in [2.45, 2.75) is 0 Å². The van der Waals surface area contributed by atoms with Gasteiger partial charge in [-0.2, -0.15) is 0 Å².